The first-order valence-corrected chi connectivity index (χ1v) is 1.99. The molecule has 0 unspecified atom stereocenters. The van der Waals surface area contributed by atoms with Gasteiger partial charge in [-0.3, -0.25) is 9.82 Å². The smallest absolute Gasteiger partial charge is 0.160 e. The number of rotatable bonds is 0. The van der Waals surface area contributed by atoms with Gasteiger partial charge in [0.25, 0.3) is 0 Å². The molecular weight excluding hydrogens is 156 g/mol. The summed E-state index contributed by atoms with van der Waals surface area (Å²) in [5, 5.41) is 0.000000000000000222. The van der Waals surface area contributed by atoms with E-state index in [1.165, 1.54) is 9.82 Å². The Hall–Kier alpha value is -1.69. The second-order valence-corrected chi connectivity index (χ2v) is 1.05. The van der Waals surface area contributed by atoms with Crippen LogP contribution in [-0.2, 0) is 0 Å². The first-order chi connectivity index (χ1) is 4.56. The minimum absolute atomic E-state index is 0.000000000000000222. The molecule has 0 heterocycles. The Kier molecular flexibility index (Phi) is 41.8. The zero-order valence-electron chi connectivity index (χ0n) is 4.75. The highest BCUT2D eigenvalue weighted by Crippen LogP contribution is 1.32. The fourth-order valence-corrected chi connectivity index (χ4v) is 0. The van der Waals surface area contributed by atoms with Gasteiger partial charge in [-0.1, -0.05) is 0 Å². The highest BCUT2D eigenvalue weighted by molar-refractivity contribution is 7.80. The van der Waals surface area contributed by atoms with Crippen molar-refractivity contribution in [2.24, 2.45) is 11.5 Å². The van der Waals surface area contributed by atoms with Crippen LogP contribution in [0.5, 0.6) is 0 Å². The summed E-state index contributed by atoms with van der Waals surface area (Å²) in [6.07, 6.45) is 0. The molecule has 4 N–H and O–H groups in total. The molecule has 9 heteroatoms. The fraction of sp³-hybridized carbons (Fsp3) is 0. The van der Waals surface area contributed by atoms with Gasteiger partial charge < -0.3 is 33.6 Å². The lowest BCUT2D eigenvalue weighted by molar-refractivity contribution is 1.65. The van der Waals surface area contributed by atoms with Crippen LogP contribution in [0.4, 0.5) is 0 Å². The Balaban J connectivity index is -0.0000000750. The van der Waals surface area contributed by atoms with Gasteiger partial charge in [0, 0.05) is 0 Å². The lowest BCUT2D eigenvalue weighted by Crippen LogP contribution is -2.18. The van der Waals surface area contributed by atoms with E-state index < -0.39 is 0 Å². The third kappa shape index (κ3) is 62.3. The molecule has 0 atom stereocenters. The van der Waals surface area contributed by atoms with E-state index in [1.54, 1.807) is 0 Å². The zero-order valence-corrected chi connectivity index (χ0v) is 5.56. The van der Waals surface area contributed by atoms with Crippen LogP contribution in [0.3, 0.4) is 0 Å². The maximum Gasteiger partial charge on any atom is 0.160 e. The molecule has 0 fully saturated rings. The Labute approximate surface area is 61.6 Å². The molecule has 0 saturated heterocycles. The topological polar surface area (TPSA) is 169 Å². The average molecular weight is 160 g/mol. The molecule has 0 aromatic heterocycles. The molecule has 0 bridgehead atoms. The molecule has 8 nitrogen and oxygen atoms in total. The van der Waals surface area contributed by atoms with Gasteiger partial charge in [-0.25, -0.2) is 0 Å². The molecular formula is CH4N8S-2. The van der Waals surface area contributed by atoms with Crippen molar-refractivity contribution >= 4 is 17.3 Å². The van der Waals surface area contributed by atoms with E-state index in [1.807, 2.05) is 0 Å². The first kappa shape index (κ1) is 15.7. The molecule has 10 heavy (non-hydrogen) atoms. The Morgan fingerprint density at radius 3 is 1.00 bits per heavy atom. The van der Waals surface area contributed by atoms with E-state index >= 15 is 0 Å². The van der Waals surface area contributed by atoms with Gasteiger partial charge >= 0.3 is 0 Å². The van der Waals surface area contributed by atoms with Gasteiger partial charge in [-0.05, 0) is 12.2 Å². The van der Waals surface area contributed by atoms with Crippen molar-refractivity contribution in [1.82, 2.24) is 0 Å². The minimum atomic E-state index is 0.000000000000000222. The Morgan fingerprint density at radius 2 is 1.00 bits per heavy atom. The van der Waals surface area contributed by atoms with E-state index in [0.717, 1.165) is 0 Å². The fourth-order valence-electron chi connectivity index (χ4n) is 0. The van der Waals surface area contributed by atoms with Crippen molar-refractivity contribution in [2.45, 2.75) is 0 Å². The molecule has 56 valence electrons. The highest BCUT2D eigenvalue weighted by atomic mass is 32.1. The second kappa shape index (κ2) is 26.6. The SMILES string of the molecule is NC(N)=S.[N-]=[N+]=[N-].[N-]=[N+]=[N-]. The third-order valence-corrected chi connectivity index (χ3v) is 0. The maximum absolute atomic E-state index is 6.75. The van der Waals surface area contributed by atoms with Crippen LogP contribution >= 0.6 is 12.2 Å². The summed E-state index contributed by atoms with van der Waals surface area (Å²) >= 11 is 4.09. The Morgan fingerprint density at radius 1 is 1.00 bits per heavy atom. The number of hydrogen-bond acceptors (Lipinski definition) is 1. The van der Waals surface area contributed by atoms with E-state index in [9.17, 15) is 0 Å². The minimum Gasteiger partial charge on any atom is -0.377 e. The summed E-state index contributed by atoms with van der Waals surface area (Å²) in [6.45, 7) is 0. The number of nitrogens with zero attached hydrogens (tertiary/aromatic N) is 6. The second-order valence-electron chi connectivity index (χ2n) is 0.581. The molecule has 0 radical (unpaired) electrons. The molecule has 0 spiro atoms. The van der Waals surface area contributed by atoms with Crippen LogP contribution in [0.25, 0.3) is 31.9 Å². The zero-order chi connectivity index (χ0) is 8.99. The van der Waals surface area contributed by atoms with Crippen molar-refractivity contribution in [3.8, 4) is 0 Å². The standard InChI is InChI=1S/CH4N2S.2N3/c2-1(3)4;2*1-3-2/h(H4,2,3,4);;/q;2*-1. The van der Waals surface area contributed by atoms with Gasteiger partial charge in [-0.15, -0.1) is 0 Å². The predicted octanol–water partition coefficient (Wildman–Crippen LogP) is 0.921. The number of hydrogen-bond donors (Lipinski definition) is 2. The molecule has 0 aliphatic rings. The number of thiocarbonyl (C=S) groups is 1. The van der Waals surface area contributed by atoms with Crippen molar-refractivity contribution in [3.63, 3.8) is 0 Å². The molecule has 0 aromatic rings. The molecule has 0 amide bonds. The molecule has 0 rings (SSSR count). The molecule has 0 aliphatic carbocycles. The van der Waals surface area contributed by atoms with Crippen LogP contribution in [0, 0.1) is 0 Å². The lowest BCUT2D eigenvalue weighted by atomic mass is 11.3. The highest BCUT2D eigenvalue weighted by Gasteiger charge is 1.53. The van der Waals surface area contributed by atoms with E-state index in [4.69, 9.17) is 22.1 Å². The van der Waals surface area contributed by atoms with Crippen LogP contribution in [0.2, 0.25) is 0 Å². The van der Waals surface area contributed by atoms with Crippen LogP contribution in [-0.4, -0.2) is 5.11 Å². The summed E-state index contributed by atoms with van der Waals surface area (Å²) < 4.78 is 0. The maximum atomic E-state index is 6.75. The van der Waals surface area contributed by atoms with Crippen LogP contribution in [0.15, 0.2) is 0 Å². The van der Waals surface area contributed by atoms with Crippen molar-refractivity contribution < 1.29 is 0 Å². The van der Waals surface area contributed by atoms with Gasteiger partial charge in [-0.2, -0.15) is 0 Å². The van der Waals surface area contributed by atoms with Gasteiger partial charge in [0.05, 0.1) is 0 Å². The average Bonchev–Trinajstić information content (AvgIpc) is 1.65. The summed E-state index contributed by atoms with van der Waals surface area (Å²) in [5.74, 6) is 0. The number of nitrogens with two attached hydrogens (primary N) is 2. The van der Waals surface area contributed by atoms with Crippen LogP contribution < -0.4 is 11.5 Å². The molecule has 0 saturated carbocycles. The van der Waals surface area contributed by atoms with E-state index in [0.29, 0.717) is 0 Å². The van der Waals surface area contributed by atoms with E-state index in [-0.39, 0.29) is 5.11 Å². The predicted molar refractivity (Wildman–Crippen MR) is 41.1 cm³/mol. The van der Waals surface area contributed by atoms with Crippen molar-refractivity contribution in [2.75, 3.05) is 0 Å². The van der Waals surface area contributed by atoms with Gasteiger partial charge in [0.2, 0.25) is 0 Å². The summed E-state index contributed by atoms with van der Waals surface area (Å²) in [7, 11) is 0. The summed E-state index contributed by atoms with van der Waals surface area (Å²) in [4.78, 5) is 3.00. The van der Waals surface area contributed by atoms with Crippen LogP contribution in [0.1, 0.15) is 0 Å². The summed E-state index contributed by atoms with van der Waals surface area (Å²) in [6, 6.07) is 0. The third-order valence-electron chi connectivity index (χ3n) is 0. The normalized spacial score (nSPS) is 4.00. The van der Waals surface area contributed by atoms with Gasteiger partial charge in [0.15, 0.2) is 5.11 Å². The van der Waals surface area contributed by atoms with E-state index in [2.05, 4.69) is 23.7 Å². The van der Waals surface area contributed by atoms with Crippen molar-refractivity contribution in [3.05, 3.63) is 31.9 Å². The summed E-state index contributed by atoms with van der Waals surface area (Å²) in [5.41, 5.74) is 36.2. The lowest BCUT2D eigenvalue weighted by Gasteiger charge is -1.68. The molecule has 0 aliphatic heterocycles. The van der Waals surface area contributed by atoms with Gasteiger partial charge in [0.1, 0.15) is 0 Å². The monoisotopic (exact) mass is 160 g/mol. The quantitative estimate of drug-likeness (QED) is 0.232. The molecule has 0 aromatic carbocycles. The largest absolute Gasteiger partial charge is 0.377 e. The van der Waals surface area contributed by atoms with Crippen molar-refractivity contribution in [1.29, 1.82) is 0 Å². The Bertz CT molecular complexity index is 119. The first-order valence-electron chi connectivity index (χ1n) is 1.58.